The maximum Gasteiger partial charge on any atom is 0.238 e. The van der Waals surface area contributed by atoms with E-state index in [1.807, 2.05) is 103 Å². The number of nitrogens with zero attached hydrogens (tertiary/aromatic N) is 6. The second-order valence-electron chi connectivity index (χ2n) is 14.1. The molecule has 57 heavy (non-hydrogen) atoms. The Morgan fingerprint density at radius 3 is 1.74 bits per heavy atom. The molecule has 0 saturated carbocycles. The molecule has 0 atom stereocenters. The Hall–Kier alpha value is -7.97. The van der Waals surface area contributed by atoms with Crippen molar-refractivity contribution < 1.29 is 8.83 Å². The van der Waals surface area contributed by atoms with Gasteiger partial charge in [0.2, 0.25) is 11.7 Å². The van der Waals surface area contributed by atoms with Crippen molar-refractivity contribution in [2.45, 2.75) is 0 Å². The van der Waals surface area contributed by atoms with Crippen molar-refractivity contribution >= 4 is 65.8 Å². The molecular formula is C49H28N6O2. The lowest BCUT2D eigenvalue weighted by molar-refractivity contribution is 0.653. The molecule has 0 fully saturated rings. The average molecular weight is 733 g/mol. The maximum absolute atomic E-state index is 6.53. The molecule has 0 aliphatic carbocycles. The number of hydrogen-bond donors (Lipinski definition) is 0. The molecule has 0 radical (unpaired) electrons. The van der Waals surface area contributed by atoms with E-state index < -0.39 is 0 Å². The Morgan fingerprint density at radius 1 is 0.386 bits per heavy atom. The standard InChI is InChI=1S/C49H28N6O2/c1-3-14-29(15-4-1)45-51-46(30-16-5-2-6-17-30)54-49(53-45)55-38-23-10-7-18-32(38)37-28-31(26-27-39(37)55)47-50-43(42-35-20-9-12-25-41(35)57-48(42)52-47)36-22-13-21-34-33-19-8-11-24-40(33)56-44(34)36/h1-28H. The molecule has 0 spiro atoms. The van der Waals surface area contributed by atoms with Crippen molar-refractivity contribution in [3.63, 3.8) is 0 Å². The second-order valence-corrected chi connectivity index (χ2v) is 14.1. The Labute approximate surface area is 324 Å². The van der Waals surface area contributed by atoms with E-state index in [1.54, 1.807) is 0 Å². The van der Waals surface area contributed by atoms with Crippen LogP contribution in [0.2, 0.25) is 0 Å². The van der Waals surface area contributed by atoms with Crippen LogP contribution in [0.3, 0.4) is 0 Å². The van der Waals surface area contributed by atoms with E-state index in [9.17, 15) is 0 Å². The predicted octanol–water partition coefficient (Wildman–Crippen LogP) is 12.2. The summed E-state index contributed by atoms with van der Waals surface area (Å²) in [7, 11) is 0. The van der Waals surface area contributed by atoms with E-state index in [0.717, 1.165) is 88.0 Å². The first kappa shape index (κ1) is 31.4. The lowest BCUT2D eigenvalue weighted by atomic mass is 10.0. The van der Waals surface area contributed by atoms with Gasteiger partial charge in [-0.15, -0.1) is 0 Å². The molecule has 0 amide bonds. The van der Waals surface area contributed by atoms with Crippen molar-refractivity contribution in [3.8, 4) is 51.4 Å². The molecule has 0 aliphatic rings. The van der Waals surface area contributed by atoms with Gasteiger partial charge in [-0.2, -0.15) is 15.0 Å². The first-order valence-electron chi connectivity index (χ1n) is 18.8. The molecule has 12 aromatic rings. The summed E-state index contributed by atoms with van der Waals surface area (Å²) in [5.41, 5.74) is 9.07. The Morgan fingerprint density at radius 2 is 0.982 bits per heavy atom. The zero-order valence-electron chi connectivity index (χ0n) is 30.2. The monoisotopic (exact) mass is 732 g/mol. The third-order valence-electron chi connectivity index (χ3n) is 10.7. The summed E-state index contributed by atoms with van der Waals surface area (Å²) >= 11 is 0. The summed E-state index contributed by atoms with van der Waals surface area (Å²) in [6.07, 6.45) is 0. The average Bonchev–Trinajstić information content (AvgIpc) is 3.96. The highest BCUT2D eigenvalue weighted by Gasteiger charge is 2.23. The quantitative estimate of drug-likeness (QED) is 0.174. The van der Waals surface area contributed by atoms with Crippen molar-refractivity contribution in [1.82, 2.24) is 29.5 Å². The van der Waals surface area contributed by atoms with Gasteiger partial charge in [0.1, 0.15) is 16.7 Å². The molecule has 0 N–H and O–H groups in total. The zero-order valence-corrected chi connectivity index (χ0v) is 30.2. The van der Waals surface area contributed by atoms with Crippen LogP contribution < -0.4 is 0 Å². The first-order chi connectivity index (χ1) is 28.2. The normalized spacial score (nSPS) is 11.9. The fourth-order valence-corrected chi connectivity index (χ4v) is 8.11. The maximum atomic E-state index is 6.53. The van der Waals surface area contributed by atoms with Gasteiger partial charge in [-0.1, -0.05) is 127 Å². The number of rotatable bonds is 5. The SMILES string of the molecule is c1ccc(-c2nc(-c3ccccc3)nc(-n3c4ccccc4c4cc(-c5nc(-c6cccc7c6oc6ccccc67)c6c(n5)oc5ccccc56)ccc43)n2)cc1. The molecular weight excluding hydrogens is 705 g/mol. The fraction of sp³-hybridized carbons (Fsp3) is 0. The predicted molar refractivity (Wildman–Crippen MR) is 226 cm³/mol. The van der Waals surface area contributed by atoms with Crippen LogP contribution in [0.1, 0.15) is 0 Å². The molecule has 0 unspecified atom stereocenters. The Bertz CT molecular complexity index is 3470. The highest BCUT2D eigenvalue weighted by Crippen LogP contribution is 2.42. The van der Waals surface area contributed by atoms with Crippen molar-refractivity contribution in [3.05, 3.63) is 170 Å². The van der Waals surface area contributed by atoms with Crippen molar-refractivity contribution in [1.29, 1.82) is 0 Å². The van der Waals surface area contributed by atoms with E-state index in [4.69, 9.17) is 33.8 Å². The molecule has 0 bridgehead atoms. The van der Waals surface area contributed by atoms with Gasteiger partial charge >= 0.3 is 0 Å². The lowest BCUT2D eigenvalue weighted by Crippen LogP contribution is -2.06. The second kappa shape index (κ2) is 12.3. The number of aromatic nitrogens is 6. The van der Waals surface area contributed by atoms with Gasteiger partial charge < -0.3 is 8.83 Å². The molecule has 7 aromatic carbocycles. The van der Waals surface area contributed by atoms with Gasteiger partial charge in [-0.3, -0.25) is 4.57 Å². The molecule has 8 heteroatoms. The minimum absolute atomic E-state index is 0.513. The molecule has 12 rings (SSSR count). The molecule has 5 heterocycles. The van der Waals surface area contributed by atoms with Gasteiger partial charge in [-0.25, -0.2) is 9.97 Å². The molecule has 0 saturated heterocycles. The zero-order chi connectivity index (χ0) is 37.5. The summed E-state index contributed by atoms with van der Waals surface area (Å²) in [6, 6.07) is 57.1. The van der Waals surface area contributed by atoms with Crippen molar-refractivity contribution in [2.75, 3.05) is 0 Å². The summed E-state index contributed by atoms with van der Waals surface area (Å²) in [6.45, 7) is 0. The van der Waals surface area contributed by atoms with E-state index in [1.165, 1.54) is 0 Å². The highest BCUT2D eigenvalue weighted by molar-refractivity contribution is 6.16. The highest BCUT2D eigenvalue weighted by atomic mass is 16.3. The molecule has 8 nitrogen and oxygen atoms in total. The molecule has 0 aliphatic heterocycles. The lowest BCUT2D eigenvalue weighted by Gasteiger charge is -2.11. The van der Waals surface area contributed by atoms with E-state index in [2.05, 4.69) is 71.3 Å². The van der Waals surface area contributed by atoms with Gasteiger partial charge in [-0.05, 0) is 42.5 Å². The summed E-state index contributed by atoms with van der Waals surface area (Å²) < 4.78 is 15.1. The number of benzene rings is 7. The third kappa shape index (κ3) is 4.91. The Balaban J connectivity index is 1.09. The van der Waals surface area contributed by atoms with E-state index >= 15 is 0 Å². The number of para-hydroxylation sites is 4. The first-order valence-corrected chi connectivity index (χ1v) is 18.8. The summed E-state index contributed by atoms with van der Waals surface area (Å²) in [5, 5.41) is 5.95. The van der Waals surface area contributed by atoms with Crippen LogP contribution in [0.25, 0.3) is 117 Å². The van der Waals surface area contributed by atoms with Crippen LogP contribution in [0.4, 0.5) is 0 Å². The van der Waals surface area contributed by atoms with E-state index in [0.29, 0.717) is 29.1 Å². The van der Waals surface area contributed by atoms with Crippen LogP contribution in [0.5, 0.6) is 0 Å². The van der Waals surface area contributed by atoms with E-state index in [-0.39, 0.29) is 0 Å². The number of furan rings is 2. The summed E-state index contributed by atoms with van der Waals surface area (Å²) in [4.78, 5) is 25.6. The van der Waals surface area contributed by atoms with Crippen LogP contribution in [0.15, 0.2) is 179 Å². The molecule has 266 valence electrons. The third-order valence-corrected chi connectivity index (χ3v) is 10.7. The van der Waals surface area contributed by atoms with Crippen LogP contribution >= 0.6 is 0 Å². The minimum Gasteiger partial charge on any atom is -0.455 e. The van der Waals surface area contributed by atoms with Crippen molar-refractivity contribution in [2.24, 2.45) is 0 Å². The Kier molecular flexibility index (Phi) is 6.76. The minimum atomic E-state index is 0.513. The van der Waals surface area contributed by atoms with Crippen LogP contribution in [0, 0.1) is 0 Å². The number of fused-ring (bicyclic) bond motifs is 9. The van der Waals surface area contributed by atoms with Crippen LogP contribution in [-0.2, 0) is 0 Å². The van der Waals surface area contributed by atoms with Gasteiger partial charge in [0.25, 0.3) is 0 Å². The van der Waals surface area contributed by atoms with Crippen LogP contribution in [-0.4, -0.2) is 29.5 Å². The fourth-order valence-electron chi connectivity index (χ4n) is 8.11. The largest absolute Gasteiger partial charge is 0.455 e. The smallest absolute Gasteiger partial charge is 0.238 e. The van der Waals surface area contributed by atoms with Gasteiger partial charge in [0.05, 0.1) is 22.1 Å². The van der Waals surface area contributed by atoms with Gasteiger partial charge in [0.15, 0.2) is 17.5 Å². The van der Waals surface area contributed by atoms with Gasteiger partial charge in [0, 0.05) is 49.2 Å². The molecule has 5 aromatic heterocycles. The number of hydrogen-bond acceptors (Lipinski definition) is 7. The topological polar surface area (TPSA) is 95.7 Å². The summed E-state index contributed by atoms with van der Waals surface area (Å²) in [5.74, 6) is 2.27.